The number of unbranched alkanes of at least 4 members (excludes halogenated alkanes) is 3. The highest BCUT2D eigenvalue weighted by atomic mass is 32.2. The van der Waals surface area contributed by atoms with Gasteiger partial charge in [-0.15, -0.1) is 11.8 Å². The van der Waals surface area contributed by atoms with Crippen molar-refractivity contribution in [1.29, 1.82) is 0 Å². The van der Waals surface area contributed by atoms with Gasteiger partial charge < -0.3 is 5.32 Å². The predicted molar refractivity (Wildman–Crippen MR) is 71.4 cm³/mol. The van der Waals surface area contributed by atoms with Crippen molar-refractivity contribution in [1.82, 2.24) is 0 Å². The van der Waals surface area contributed by atoms with Crippen LogP contribution in [0.3, 0.4) is 0 Å². The number of thioether (sulfide) groups is 1. The first kappa shape index (κ1) is 14.3. The molecular weight excluding hydrogens is 240 g/mol. The molecule has 0 amide bonds. The zero-order chi connectivity index (χ0) is 12.5. The maximum atomic E-state index is 12.9. The maximum Gasteiger partial charge on any atom is 0.128 e. The lowest BCUT2D eigenvalue weighted by Crippen LogP contribution is -1.99. The second-order valence-electron chi connectivity index (χ2n) is 3.95. The highest BCUT2D eigenvalue weighted by Gasteiger charge is 1.99. The van der Waals surface area contributed by atoms with Crippen LogP contribution < -0.4 is 5.32 Å². The van der Waals surface area contributed by atoms with E-state index in [4.69, 9.17) is 0 Å². The van der Waals surface area contributed by atoms with Crippen LogP contribution in [0.1, 0.15) is 32.6 Å². The lowest BCUT2D eigenvalue weighted by molar-refractivity contribution is 0.584. The van der Waals surface area contributed by atoms with E-state index in [9.17, 15) is 8.78 Å². The van der Waals surface area contributed by atoms with Crippen LogP contribution in [-0.2, 0) is 0 Å². The van der Waals surface area contributed by atoms with E-state index in [0.717, 1.165) is 11.8 Å². The van der Waals surface area contributed by atoms with Crippen LogP contribution in [0.25, 0.3) is 0 Å². The highest BCUT2D eigenvalue weighted by Crippen LogP contribution is 2.14. The van der Waals surface area contributed by atoms with Gasteiger partial charge in [0.25, 0.3) is 0 Å². The molecule has 0 aliphatic heterocycles. The number of halogens is 2. The molecule has 0 heterocycles. The van der Waals surface area contributed by atoms with Crippen LogP contribution in [0.4, 0.5) is 14.5 Å². The number of nitrogens with one attached hydrogen (secondary N) is 1. The Morgan fingerprint density at radius 2 is 1.76 bits per heavy atom. The first-order chi connectivity index (χ1) is 8.22. The van der Waals surface area contributed by atoms with Crippen LogP contribution in [0, 0.1) is 11.6 Å². The largest absolute Gasteiger partial charge is 0.376 e. The summed E-state index contributed by atoms with van der Waals surface area (Å²) < 4.78 is 25.7. The molecule has 1 aromatic rings. The minimum atomic E-state index is -0.541. The summed E-state index contributed by atoms with van der Waals surface area (Å²) in [6.45, 7) is 2.19. The van der Waals surface area contributed by atoms with E-state index in [-0.39, 0.29) is 0 Å². The number of anilines is 1. The Bertz CT molecular complexity index is 311. The fraction of sp³-hybridized carbons (Fsp3) is 0.538. The average Bonchev–Trinajstić information content (AvgIpc) is 2.26. The van der Waals surface area contributed by atoms with Crippen molar-refractivity contribution in [3.8, 4) is 0 Å². The summed E-state index contributed by atoms with van der Waals surface area (Å²) in [6.07, 6.45) is 4.99. The van der Waals surface area contributed by atoms with Crippen molar-refractivity contribution in [2.24, 2.45) is 0 Å². The van der Waals surface area contributed by atoms with Crippen LogP contribution in [-0.4, -0.2) is 11.6 Å². The second kappa shape index (κ2) is 8.34. The lowest BCUT2D eigenvalue weighted by Gasteiger charge is -2.06. The van der Waals surface area contributed by atoms with Crippen LogP contribution in [0.15, 0.2) is 18.2 Å². The molecule has 4 heteroatoms. The number of benzene rings is 1. The molecule has 0 bridgehead atoms. The van der Waals surface area contributed by atoms with Crippen molar-refractivity contribution >= 4 is 17.4 Å². The second-order valence-corrected chi connectivity index (χ2v) is 5.05. The van der Waals surface area contributed by atoms with Gasteiger partial charge in [0.1, 0.15) is 11.6 Å². The van der Waals surface area contributed by atoms with E-state index in [2.05, 4.69) is 12.2 Å². The summed E-state index contributed by atoms with van der Waals surface area (Å²) in [6, 6.07) is 3.49. The summed E-state index contributed by atoms with van der Waals surface area (Å²) in [7, 11) is 0. The van der Waals surface area contributed by atoms with Gasteiger partial charge in [-0.3, -0.25) is 0 Å². The standard InChI is InChI=1S/C13H19F2NS/c1-2-3-4-5-6-17-10-16-13-8-11(14)7-12(15)9-13/h7-9,16H,2-6,10H2,1H3. The third-order valence-electron chi connectivity index (χ3n) is 2.38. The third-order valence-corrected chi connectivity index (χ3v) is 3.31. The normalized spacial score (nSPS) is 10.5. The zero-order valence-corrected chi connectivity index (χ0v) is 11.0. The summed E-state index contributed by atoms with van der Waals surface area (Å²) in [5, 5.41) is 3.00. The Kier molecular flexibility index (Phi) is 7.01. The molecule has 0 saturated carbocycles. The van der Waals surface area contributed by atoms with Gasteiger partial charge in [-0.05, 0) is 24.3 Å². The Hall–Kier alpha value is -0.770. The lowest BCUT2D eigenvalue weighted by atomic mass is 10.2. The molecule has 0 unspecified atom stereocenters. The van der Waals surface area contributed by atoms with Crippen molar-refractivity contribution in [3.63, 3.8) is 0 Å². The Morgan fingerprint density at radius 3 is 2.41 bits per heavy atom. The van der Waals surface area contributed by atoms with Gasteiger partial charge >= 0.3 is 0 Å². The minimum Gasteiger partial charge on any atom is -0.376 e. The first-order valence-electron chi connectivity index (χ1n) is 6.00. The molecule has 0 aliphatic carbocycles. The molecule has 0 spiro atoms. The van der Waals surface area contributed by atoms with Gasteiger partial charge in [0.2, 0.25) is 0 Å². The summed E-state index contributed by atoms with van der Waals surface area (Å²) in [5.74, 6) is 0.695. The van der Waals surface area contributed by atoms with E-state index in [0.29, 0.717) is 11.6 Å². The number of hydrogen-bond donors (Lipinski definition) is 1. The molecule has 0 radical (unpaired) electrons. The van der Waals surface area contributed by atoms with Crippen molar-refractivity contribution < 1.29 is 8.78 Å². The van der Waals surface area contributed by atoms with Crippen LogP contribution in [0.5, 0.6) is 0 Å². The van der Waals surface area contributed by atoms with Gasteiger partial charge in [0, 0.05) is 11.8 Å². The van der Waals surface area contributed by atoms with E-state index in [1.54, 1.807) is 11.8 Å². The van der Waals surface area contributed by atoms with Gasteiger partial charge in [-0.25, -0.2) is 8.78 Å². The van der Waals surface area contributed by atoms with Gasteiger partial charge in [0.05, 0.1) is 5.88 Å². The molecule has 0 fully saturated rings. The summed E-state index contributed by atoms with van der Waals surface area (Å²) in [5.41, 5.74) is 0.503. The van der Waals surface area contributed by atoms with Gasteiger partial charge in [-0.2, -0.15) is 0 Å². The van der Waals surface area contributed by atoms with Crippen LogP contribution >= 0.6 is 11.8 Å². The number of rotatable bonds is 8. The fourth-order valence-electron chi connectivity index (χ4n) is 1.49. The monoisotopic (exact) mass is 259 g/mol. The van der Waals surface area contributed by atoms with Gasteiger partial charge in [-0.1, -0.05) is 26.2 Å². The molecule has 0 atom stereocenters. The first-order valence-corrected chi connectivity index (χ1v) is 7.15. The topological polar surface area (TPSA) is 12.0 Å². The van der Waals surface area contributed by atoms with Crippen LogP contribution in [0.2, 0.25) is 0 Å². The highest BCUT2D eigenvalue weighted by molar-refractivity contribution is 7.99. The molecule has 0 saturated heterocycles. The Labute approximate surface area is 106 Å². The molecule has 0 aromatic heterocycles. The van der Waals surface area contributed by atoms with Gasteiger partial charge in [0.15, 0.2) is 0 Å². The molecule has 1 nitrogen and oxygen atoms in total. The van der Waals surface area contributed by atoms with E-state index in [1.807, 2.05) is 0 Å². The number of hydrogen-bond acceptors (Lipinski definition) is 2. The molecule has 1 rings (SSSR count). The summed E-state index contributed by atoms with van der Waals surface area (Å²) in [4.78, 5) is 0. The fourth-order valence-corrected chi connectivity index (χ4v) is 2.31. The Morgan fingerprint density at radius 1 is 1.06 bits per heavy atom. The maximum absolute atomic E-state index is 12.9. The van der Waals surface area contributed by atoms with E-state index < -0.39 is 11.6 Å². The predicted octanol–water partition coefficient (Wildman–Crippen LogP) is 4.65. The quantitative estimate of drug-likeness (QED) is 0.539. The molecule has 1 aromatic carbocycles. The van der Waals surface area contributed by atoms with Crippen molar-refractivity contribution in [2.45, 2.75) is 32.6 Å². The average molecular weight is 259 g/mol. The minimum absolute atomic E-state index is 0.503. The molecular formula is C13H19F2NS. The molecule has 96 valence electrons. The molecule has 0 aliphatic rings. The van der Waals surface area contributed by atoms with E-state index in [1.165, 1.54) is 37.8 Å². The summed E-state index contributed by atoms with van der Waals surface area (Å²) >= 11 is 1.75. The van der Waals surface area contributed by atoms with E-state index >= 15 is 0 Å². The third kappa shape index (κ3) is 6.51. The van der Waals surface area contributed by atoms with Crippen molar-refractivity contribution in [2.75, 3.05) is 16.9 Å². The SMILES string of the molecule is CCCCCCSCNc1cc(F)cc(F)c1. The smallest absolute Gasteiger partial charge is 0.128 e. The Balaban J connectivity index is 2.13. The zero-order valence-electron chi connectivity index (χ0n) is 10.1. The molecule has 1 N–H and O–H groups in total. The van der Waals surface area contributed by atoms with Crippen molar-refractivity contribution in [3.05, 3.63) is 29.8 Å². The molecule has 17 heavy (non-hydrogen) atoms.